The second-order valence-electron chi connectivity index (χ2n) is 10.3. The van der Waals surface area contributed by atoms with Gasteiger partial charge in [-0.25, -0.2) is 0 Å². The van der Waals surface area contributed by atoms with Gasteiger partial charge in [-0.15, -0.1) is 0 Å². The molecule has 0 aliphatic carbocycles. The van der Waals surface area contributed by atoms with E-state index in [1.54, 1.807) is 26.4 Å². The van der Waals surface area contributed by atoms with Gasteiger partial charge >= 0.3 is 0 Å². The fraction of sp³-hybridized carbons (Fsp3) is 0.312. The number of anilines is 1. The van der Waals surface area contributed by atoms with E-state index in [0.29, 0.717) is 46.9 Å². The van der Waals surface area contributed by atoms with Crippen LogP contribution < -0.4 is 25.4 Å². The molecule has 8 heteroatoms. The third-order valence-corrected chi connectivity index (χ3v) is 7.74. The molecule has 8 nitrogen and oxygen atoms in total. The molecule has 2 amide bonds. The summed E-state index contributed by atoms with van der Waals surface area (Å²) >= 11 is 0. The molecule has 4 aromatic rings. The third kappa shape index (κ3) is 5.91. The molecule has 1 aliphatic rings. The van der Waals surface area contributed by atoms with Crippen LogP contribution in [-0.2, 0) is 12.8 Å². The molecule has 5 rings (SSSR count). The molecular weight excluding hydrogens is 504 g/mol. The number of hydrogen-bond donors (Lipinski definition) is 3. The summed E-state index contributed by atoms with van der Waals surface area (Å²) in [6.07, 6.45) is 3.77. The van der Waals surface area contributed by atoms with Crippen molar-refractivity contribution >= 4 is 28.5 Å². The van der Waals surface area contributed by atoms with Gasteiger partial charge in [0.2, 0.25) is 5.91 Å². The number of methoxy groups -OCH3 is 2. The topological polar surface area (TPSA) is 110 Å². The molecule has 4 N–H and O–H groups in total. The Hall–Kier alpha value is -4.46. The van der Waals surface area contributed by atoms with Crippen molar-refractivity contribution in [2.75, 3.05) is 38.8 Å². The van der Waals surface area contributed by atoms with Crippen LogP contribution in [0.25, 0.3) is 10.9 Å². The summed E-state index contributed by atoms with van der Waals surface area (Å²) in [5.74, 6) is 2.00. The van der Waals surface area contributed by atoms with Crippen molar-refractivity contribution in [1.29, 1.82) is 0 Å². The van der Waals surface area contributed by atoms with E-state index in [2.05, 4.69) is 39.5 Å². The fourth-order valence-corrected chi connectivity index (χ4v) is 5.55. The average molecular weight is 541 g/mol. The molecule has 0 saturated carbocycles. The number of nitrogens with zero attached hydrogens (tertiary/aromatic N) is 1. The van der Waals surface area contributed by atoms with E-state index >= 15 is 0 Å². The molecule has 0 atom stereocenters. The van der Waals surface area contributed by atoms with Crippen molar-refractivity contribution in [3.05, 3.63) is 89.0 Å². The quantitative estimate of drug-likeness (QED) is 0.270. The molecule has 0 spiro atoms. The highest BCUT2D eigenvalue weighted by Crippen LogP contribution is 2.33. The minimum atomic E-state index is -0.522. The molecule has 208 valence electrons. The van der Waals surface area contributed by atoms with Crippen molar-refractivity contribution in [2.24, 2.45) is 11.7 Å². The minimum absolute atomic E-state index is 0.185. The molecule has 1 aliphatic heterocycles. The predicted molar refractivity (Wildman–Crippen MR) is 157 cm³/mol. The lowest BCUT2D eigenvalue weighted by molar-refractivity contribution is 0.0954. The van der Waals surface area contributed by atoms with Crippen LogP contribution in [0.3, 0.4) is 0 Å². The number of aromatic nitrogens is 1. The van der Waals surface area contributed by atoms with E-state index < -0.39 is 5.91 Å². The van der Waals surface area contributed by atoms with Gasteiger partial charge in [0.25, 0.3) is 5.91 Å². The van der Waals surface area contributed by atoms with Crippen LogP contribution >= 0.6 is 0 Å². The Morgan fingerprint density at radius 2 is 1.70 bits per heavy atom. The van der Waals surface area contributed by atoms with Crippen LogP contribution in [0.15, 0.2) is 66.7 Å². The second kappa shape index (κ2) is 12.2. The molecular formula is C32H36N4O4. The molecule has 40 heavy (non-hydrogen) atoms. The number of nitrogens with one attached hydrogen (secondary N) is 2. The first kappa shape index (κ1) is 27.1. The number of amides is 2. The standard InChI is InChI=1S/C32H36N4O4/c1-39-27-11-8-22(19-28(27)40-2)12-15-34-32(38)29-25-20-24(30(33)37)9-10-26(25)35-31(29)36-16-13-23(14-17-36)18-21-6-4-3-5-7-21/h3-11,19-20,23,35H,12-18H2,1-2H3,(H2,33,37)(H,34,38). The van der Waals surface area contributed by atoms with E-state index in [0.717, 1.165) is 49.2 Å². The van der Waals surface area contributed by atoms with Gasteiger partial charge < -0.3 is 30.4 Å². The average Bonchev–Trinajstić information content (AvgIpc) is 3.37. The zero-order valence-corrected chi connectivity index (χ0v) is 23.0. The first-order chi connectivity index (χ1) is 19.5. The lowest BCUT2D eigenvalue weighted by Crippen LogP contribution is -2.36. The number of carbonyl (C=O) groups excluding carboxylic acids is 2. The molecule has 2 heterocycles. The van der Waals surface area contributed by atoms with Crippen LogP contribution in [0.4, 0.5) is 5.82 Å². The van der Waals surface area contributed by atoms with Gasteiger partial charge in [0.05, 0.1) is 19.8 Å². The molecule has 1 saturated heterocycles. The maximum atomic E-state index is 13.7. The number of fused-ring (bicyclic) bond motifs is 1. The monoisotopic (exact) mass is 540 g/mol. The Labute approximate surface area is 234 Å². The van der Waals surface area contributed by atoms with Gasteiger partial charge in [0, 0.05) is 36.1 Å². The Bertz CT molecular complexity index is 1490. The van der Waals surface area contributed by atoms with Gasteiger partial charge in [0.1, 0.15) is 5.82 Å². The van der Waals surface area contributed by atoms with Gasteiger partial charge in [-0.3, -0.25) is 9.59 Å². The van der Waals surface area contributed by atoms with E-state index in [1.807, 2.05) is 30.3 Å². The molecule has 0 unspecified atom stereocenters. The summed E-state index contributed by atoms with van der Waals surface area (Å²) in [7, 11) is 3.21. The third-order valence-electron chi connectivity index (χ3n) is 7.74. The number of primary amides is 1. The summed E-state index contributed by atoms with van der Waals surface area (Å²) in [6, 6.07) is 21.6. The minimum Gasteiger partial charge on any atom is -0.493 e. The SMILES string of the molecule is COc1ccc(CCNC(=O)c2c(N3CCC(Cc4ccccc4)CC3)[nH]c3ccc(C(N)=O)cc23)cc1OC. The number of carbonyl (C=O) groups is 2. The normalized spacial score (nSPS) is 13.8. The molecule has 1 aromatic heterocycles. The number of benzene rings is 3. The fourth-order valence-electron chi connectivity index (χ4n) is 5.55. The first-order valence-electron chi connectivity index (χ1n) is 13.7. The maximum absolute atomic E-state index is 13.7. The molecule has 0 bridgehead atoms. The second-order valence-corrected chi connectivity index (χ2v) is 10.3. The van der Waals surface area contributed by atoms with Gasteiger partial charge in [-0.05, 0) is 73.1 Å². The highest BCUT2D eigenvalue weighted by molar-refractivity contribution is 6.13. The smallest absolute Gasteiger partial charge is 0.255 e. The molecule has 1 fully saturated rings. The van der Waals surface area contributed by atoms with Crippen LogP contribution in [0.2, 0.25) is 0 Å². The van der Waals surface area contributed by atoms with Crippen LogP contribution in [0.1, 0.15) is 44.7 Å². The number of nitrogens with two attached hydrogens (primary N) is 1. The zero-order chi connectivity index (χ0) is 28.1. The van der Waals surface area contributed by atoms with E-state index in [1.165, 1.54) is 5.56 Å². The van der Waals surface area contributed by atoms with Crippen LogP contribution in [0.5, 0.6) is 11.5 Å². The summed E-state index contributed by atoms with van der Waals surface area (Å²) in [5, 5.41) is 3.78. The summed E-state index contributed by atoms with van der Waals surface area (Å²) in [4.78, 5) is 31.3. The number of hydrogen-bond acceptors (Lipinski definition) is 5. The van der Waals surface area contributed by atoms with E-state index in [4.69, 9.17) is 15.2 Å². The van der Waals surface area contributed by atoms with Gasteiger partial charge in [-0.1, -0.05) is 36.4 Å². The Morgan fingerprint density at radius 1 is 0.950 bits per heavy atom. The van der Waals surface area contributed by atoms with Crippen LogP contribution in [-0.4, -0.2) is 50.7 Å². The van der Waals surface area contributed by atoms with E-state index in [-0.39, 0.29) is 5.91 Å². The van der Waals surface area contributed by atoms with Crippen molar-refractivity contribution in [3.63, 3.8) is 0 Å². The van der Waals surface area contributed by atoms with Crippen molar-refractivity contribution in [2.45, 2.75) is 25.7 Å². The summed E-state index contributed by atoms with van der Waals surface area (Å²) in [5.41, 5.74) is 9.68. The largest absolute Gasteiger partial charge is 0.493 e. The Balaban J connectivity index is 1.34. The molecule has 3 aromatic carbocycles. The lowest BCUT2D eigenvalue weighted by atomic mass is 9.90. The highest BCUT2D eigenvalue weighted by Gasteiger charge is 2.27. The number of aromatic amines is 1. The summed E-state index contributed by atoms with van der Waals surface area (Å²) < 4.78 is 10.7. The zero-order valence-electron chi connectivity index (χ0n) is 23.0. The number of H-pyrrole nitrogens is 1. The van der Waals surface area contributed by atoms with Crippen LogP contribution in [0, 0.1) is 5.92 Å². The highest BCUT2D eigenvalue weighted by atomic mass is 16.5. The van der Waals surface area contributed by atoms with Gasteiger partial charge in [-0.2, -0.15) is 0 Å². The number of rotatable bonds is 10. The number of ether oxygens (including phenoxy) is 2. The Morgan fingerprint density at radius 3 is 2.40 bits per heavy atom. The lowest BCUT2D eigenvalue weighted by Gasteiger charge is -2.33. The van der Waals surface area contributed by atoms with Crippen molar-refractivity contribution in [3.8, 4) is 11.5 Å². The maximum Gasteiger partial charge on any atom is 0.255 e. The van der Waals surface area contributed by atoms with E-state index in [9.17, 15) is 9.59 Å². The Kier molecular flexibility index (Phi) is 8.24. The van der Waals surface area contributed by atoms with Crippen molar-refractivity contribution < 1.29 is 19.1 Å². The number of piperidine rings is 1. The molecule has 0 radical (unpaired) electrons. The first-order valence-corrected chi connectivity index (χ1v) is 13.7. The predicted octanol–water partition coefficient (Wildman–Crippen LogP) is 4.72. The van der Waals surface area contributed by atoms with Gasteiger partial charge in [0.15, 0.2) is 11.5 Å². The summed E-state index contributed by atoms with van der Waals surface area (Å²) in [6.45, 7) is 2.13. The van der Waals surface area contributed by atoms with Crippen molar-refractivity contribution in [1.82, 2.24) is 10.3 Å².